The first-order chi connectivity index (χ1) is 16.4. The maximum atomic E-state index is 13.2. The lowest BCUT2D eigenvalue weighted by Gasteiger charge is -2.25. The third kappa shape index (κ3) is 5.79. The number of Topliss-reactive ketones (excluding diaryl/α,β-unsaturated/α-hetero) is 1. The van der Waals surface area contributed by atoms with Crippen LogP contribution < -0.4 is 9.47 Å². The molecule has 2 aromatic carbocycles. The Morgan fingerprint density at radius 2 is 1.71 bits per heavy atom. The van der Waals surface area contributed by atoms with Crippen LogP contribution in [0.4, 0.5) is 0 Å². The molecule has 0 saturated carbocycles. The Kier molecular flexibility index (Phi) is 8.74. The van der Waals surface area contributed by atoms with E-state index < -0.39 is 17.7 Å². The number of ether oxygens (including phenoxy) is 2. The van der Waals surface area contributed by atoms with Crippen molar-refractivity contribution in [2.75, 3.05) is 19.8 Å². The summed E-state index contributed by atoms with van der Waals surface area (Å²) in [6, 6.07) is 13.7. The molecule has 34 heavy (non-hydrogen) atoms. The van der Waals surface area contributed by atoms with Crippen molar-refractivity contribution in [2.45, 2.75) is 53.0 Å². The first-order valence-corrected chi connectivity index (χ1v) is 12.1. The van der Waals surface area contributed by atoms with Gasteiger partial charge in [-0.25, -0.2) is 0 Å². The van der Waals surface area contributed by atoms with Gasteiger partial charge in [0, 0.05) is 12.1 Å². The van der Waals surface area contributed by atoms with Gasteiger partial charge in [0.2, 0.25) is 0 Å². The third-order valence-corrected chi connectivity index (χ3v) is 5.63. The van der Waals surface area contributed by atoms with Crippen molar-refractivity contribution >= 4 is 17.4 Å². The average Bonchev–Trinajstić information content (AvgIpc) is 3.09. The molecule has 0 aromatic heterocycles. The van der Waals surface area contributed by atoms with Crippen molar-refractivity contribution in [1.82, 2.24) is 4.90 Å². The lowest BCUT2D eigenvalue weighted by Crippen LogP contribution is -2.30. The highest BCUT2D eigenvalue weighted by molar-refractivity contribution is 6.46. The first kappa shape index (κ1) is 25.3. The minimum absolute atomic E-state index is 0.0924. The van der Waals surface area contributed by atoms with Gasteiger partial charge in [0.15, 0.2) is 0 Å². The van der Waals surface area contributed by atoms with Gasteiger partial charge in [-0.05, 0) is 48.6 Å². The highest BCUT2D eigenvalue weighted by atomic mass is 16.5. The molecule has 3 rings (SSSR count). The topological polar surface area (TPSA) is 76.1 Å². The maximum Gasteiger partial charge on any atom is 0.295 e. The summed E-state index contributed by atoms with van der Waals surface area (Å²) in [5, 5.41) is 11.3. The van der Waals surface area contributed by atoms with Gasteiger partial charge in [0.25, 0.3) is 11.7 Å². The molecule has 0 radical (unpaired) electrons. The van der Waals surface area contributed by atoms with E-state index in [2.05, 4.69) is 13.8 Å². The van der Waals surface area contributed by atoms with Crippen molar-refractivity contribution in [3.63, 3.8) is 0 Å². The van der Waals surface area contributed by atoms with E-state index in [0.717, 1.165) is 24.8 Å². The van der Waals surface area contributed by atoms with Crippen LogP contribution in [0.1, 0.15) is 64.1 Å². The lowest BCUT2D eigenvalue weighted by atomic mass is 9.95. The summed E-state index contributed by atoms with van der Waals surface area (Å²) in [7, 11) is 0. The zero-order chi connectivity index (χ0) is 24.7. The molecule has 1 heterocycles. The summed E-state index contributed by atoms with van der Waals surface area (Å²) in [5.74, 6) is 0.161. The van der Waals surface area contributed by atoms with Gasteiger partial charge >= 0.3 is 0 Å². The Morgan fingerprint density at radius 1 is 1.00 bits per heavy atom. The summed E-state index contributed by atoms with van der Waals surface area (Å²) >= 11 is 0. The van der Waals surface area contributed by atoms with E-state index in [1.807, 2.05) is 44.2 Å². The second kappa shape index (κ2) is 11.7. The molecule has 0 spiro atoms. The van der Waals surface area contributed by atoms with Crippen molar-refractivity contribution in [2.24, 2.45) is 5.92 Å². The number of hydrogen-bond donors (Lipinski definition) is 1. The molecule has 1 N–H and O–H groups in total. The van der Waals surface area contributed by atoms with Crippen LogP contribution in [0, 0.1) is 5.92 Å². The zero-order valence-electron chi connectivity index (χ0n) is 20.5. The Bertz CT molecular complexity index is 1040. The van der Waals surface area contributed by atoms with Crippen LogP contribution in [0.5, 0.6) is 11.5 Å². The molecule has 182 valence electrons. The SMILES string of the molecule is CCCCN1C(=O)C(=O)/C(=C(\O)c2cccc(OCC(C)C)c2)C1c1cccc(OCCC)c1. The number of likely N-dealkylation sites (tertiary alicyclic amines) is 1. The predicted octanol–water partition coefficient (Wildman–Crippen LogP) is 5.73. The zero-order valence-corrected chi connectivity index (χ0v) is 20.5. The van der Waals surface area contributed by atoms with E-state index >= 15 is 0 Å². The number of benzene rings is 2. The van der Waals surface area contributed by atoms with Crippen molar-refractivity contribution in [3.8, 4) is 11.5 Å². The fourth-order valence-corrected chi connectivity index (χ4v) is 3.93. The molecule has 1 aliphatic heterocycles. The van der Waals surface area contributed by atoms with Crippen LogP contribution >= 0.6 is 0 Å². The van der Waals surface area contributed by atoms with Crippen LogP contribution in [0.2, 0.25) is 0 Å². The monoisotopic (exact) mass is 465 g/mol. The molecule has 1 amide bonds. The van der Waals surface area contributed by atoms with Gasteiger partial charge in [-0.1, -0.05) is 58.4 Å². The first-order valence-electron chi connectivity index (χ1n) is 12.1. The Hall–Kier alpha value is -3.28. The maximum absolute atomic E-state index is 13.2. The van der Waals surface area contributed by atoms with E-state index in [1.54, 1.807) is 23.1 Å². The second-order valence-electron chi connectivity index (χ2n) is 9.00. The number of nitrogens with zero attached hydrogens (tertiary/aromatic N) is 1. The van der Waals surface area contributed by atoms with Crippen LogP contribution in [0.3, 0.4) is 0 Å². The van der Waals surface area contributed by atoms with Crippen molar-refractivity contribution in [3.05, 3.63) is 65.2 Å². The van der Waals surface area contributed by atoms with Crippen LogP contribution in [-0.2, 0) is 9.59 Å². The van der Waals surface area contributed by atoms with E-state index in [0.29, 0.717) is 42.7 Å². The van der Waals surface area contributed by atoms with E-state index in [-0.39, 0.29) is 11.3 Å². The second-order valence-corrected chi connectivity index (χ2v) is 9.00. The van der Waals surface area contributed by atoms with Gasteiger partial charge in [-0.2, -0.15) is 0 Å². The number of carbonyl (C=O) groups is 2. The summed E-state index contributed by atoms with van der Waals surface area (Å²) < 4.78 is 11.6. The van der Waals surface area contributed by atoms with Gasteiger partial charge in [0.1, 0.15) is 17.3 Å². The number of hydrogen-bond acceptors (Lipinski definition) is 5. The molecule has 1 fully saturated rings. The number of unbranched alkanes of at least 4 members (excludes halogenated alkanes) is 1. The fraction of sp³-hybridized carbons (Fsp3) is 0.429. The summed E-state index contributed by atoms with van der Waals surface area (Å²) in [6.45, 7) is 9.72. The lowest BCUT2D eigenvalue weighted by molar-refractivity contribution is -0.139. The molecule has 6 heteroatoms. The van der Waals surface area contributed by atoms with Gasteiger partial charge < -0.3 is 19.5 Å². The molecule has 0 bridgehead atoms. The van der Waals surface area contributed by atoms with Gasteiger partial charge in [-0.15, -0.1) is 0 Å². The molecule has 0 aliphatic carbocycles. The van der Waals surface area contributed by atoms with Gasteiger partial charge in [-0.3, -0.25) is 9.59 Å². The van der Waals surface area contributed by atoms with Crippen LogP contribution in [0.15, 0.2) is 54.1 Å². The highest BCUT2D eigenvalue weighted by Crippen LogP contribution is 2.40. The fourth-order valence-electron chi connectivity index (χ4n) is 3.93. The summed E-state index contributed by atoms with van der Waals surface area (Å²) in [4.78, 5) is 27.7. The normalized spacial score (nSPS) is 17.4. The predicted molar refractivity (Wildman–Crippen MR) is 133 cm³/mol. The molecular weight excluding hydrogens is 430 g/mol. The van der Waals surface area contributed by atoms with Crippen molar-refractivity contribution in [1.29, 1.82) is 0 Å². The quantitative estimate of drug-likeness (QED) is 0.260. The molecule has 1 atom stereocenters. The number of aliphatic hydroxyl groups excluding tert-OH is 1. The number of ketones is 1. The highest BCUT2D eigenvalue weighted by Gasteiger charge is 2.45. The van der Waals surface area contributed by atoms with Gasteiger partial charge in [0.05, 0.1) is 24.8 Å². The number of aliphatic hydroxyl groups is 1. The molecule has 1 saturated heterocycles. The van der Waals surface area contributed by atoms with E-state index in [9.17, 15) is 14.7 Å². The minimum Gasteiger partial charge on any atom is -0.507 e. The van der Waals surface area contributed by atoms with Crippen LogP contribution in [-0.4, -0.2) is 41.5 Å². The molecule has 1 unspecified atom stereocenters. The van der Waals surface area contributed by atoms with E-state index in [4.69, 9.17) is 9.47 Å². The number of rotatable bonds is 11. The third-order valence-electron chi connectivity index (χ3n) is 5.63. The molecule has 1 aliphatic rings. The molecule has 6 nitrogen and oxygen atoms in total. The Labute approximate surface area is 202 Å². The van der Waals surface area contributed by atoms with Crippen molar-refractivity contribution < 1.29 is 24.2 Å². The summed E-state index contributed by atoms with van der Waals surface area (Å²) in [5.41, 5.74) is 1.27. The number of amides is 1. The molecular formula is C28H35NO5. The Morgan fingerprint density at radius 3 is 2.38 bits per heavy atom. The standard InChI is InChI=1S/C28H35NO5/c1-5-7-14-29-25(20-10-8-12-22(16-20)33-15-6-2)24(27(31)28(29)32)26(30)21-11-9-13-23(17-21)34-18-19(3)4/h8-13,16-17,19,25,30H,5-7,14-15,18H2,1-4H3/b26-24-. The minimum atomic E-state index is -0.683. The van der Waals surface area contributed by atoms with E-state index in [1.165, 1.54) is 0 Å². The average molecular weight is 466 g/mol. The largest absolute Gasteiger partial charge is 0.507 e. The summed E-state index contributed by atoms with van der Waals surface area (Å²) in [6.07, 6.45) is 2.51. The Balaban J connectivity index is 2.07. The number of carbonyl (C=O) groups excluding carboxylic acids is 2. The van der Waals surface area contributed by atoms with Crippen LogP contribution in [0.25, 0.3) is 5.76 Å². The molecule has 2 aromatic rings. The smallest absolute Gasteiger partial charge is 0.295 e.